The van der Waals surface area contributed by atoms with Crippen molar-refractivity contribution >= 4 is 28.5 Å². The standard InChI is InChI=1S/C15H21IN2O2/c1-18(2)7-8-20-14-12(9-10-3-4-10)11(15(17)19)5-6-13(14)16/h5-6,10H,3-4,7-9H2,1-2H3,(H2,17,19). The number of primary amides is 1. The Morgan fingerprint density at radius 1 is 1.45 bits per heavy atom. The summed E-state index contributed by atoms with van der Waals surface area (Å²) >= 11 is 2.26. The minimum atomic E-state index is -0.366. The first-order chi connectivity index (χ1) is 9.49. The third kappa shape index (κ3) is 4.09. The van der Waals surface area contributed by atoms with E-state index in [4.69, 9.17) is 10.5 Å². The van der Waals surface area contributed by atoms with E-state index < -0.39 is 0 Å². The molecule has 1 amide bonds. The monoisotopic (exact) mass is 388 g/mol. The molecule has 0 spiro atoms. The Morgan fingerprint density at radius 2 is 2.15 bits per heavy atom. The zero-order valence-electron chi connectivity index (χ0n) is 12.0. The SMILES string of the molecule is CN(C)CCOc1c(I)ccc(C(N)=O)c1CC1CC1. The third-order valence-corrected chi connectivity index (χ3v) is 4.30. The zero-order chi connectivity index (χ0) is 14.7. The number of amides is 1. The molecule has 0 saturated heterocycles. The number of carbonyl (C=O) groups excluding carboxylic acids is 1. The molecule has 0 atom stereocenters. The lowest BCUT2D eigenvalue weighted by atomic mass is 10.0. The first-order valence-electron chi connectivity index (χ1n) is 6.87. The summed E-state index contributed by atoms with van der Waals surface area (Å²) in [7, 11) is 4.03. The van der Waals surface area contributed by atoms with Gasteiger partial charge >= 0.3 is 0 Å². The number of carbonyl (C=O) groups is 1. The largest absolute Gasteiger partial charge is 0.491 e. The Balaban J connectivity index is 2.25. The van der Waals surface area contributed by atoms with Crippen LogP contribution in [0, 0.1) is 9.49 Å². The van der Waals surface area contributed by atoms with Gasteiger partial charge in [-0.1, -0.05) is 0 Å². The van der Waals surface area contributed by atoms with Crippen LogP contribution < -0.4 is 10.5 Å². The van der Waals surface area contributed by atoms with Crippen molar-refractivity contribution in [2.75, 3.05) is 27.2 Å². The molecule has 2 N–H and O–H groups in total. The van der Waals surface area contributed by atoms with Crippen molar-refractivity contribution in [3.05, 3.63) is 26.8 Å². The molecule has 1 aliphatic carbocycles. The van der Waals surface area contributed by atoms with Crippen LogP contribution in [0.4, 0.5) is 0 Å². The average molecular weight is 388 g/mol. The molecular formula is C15H21IN2O2. The maximum absolute atomic E-state index is 11.6. The van der Waals surface area contributed by atoms with Crippen molar-refractivity contribution in [3.63, 3.8) is 0 Å². The Hall–Kier alpha value is -0.820. The minimum absolute atomic E-state index is 0.366. The second kappa shape index (κ2) is 6.76. The van der Waals surface area contributed by atoms with E-state index in [0.29, 0.717) is 18.1 Å². The van der Waals surface area contributed by atoms with Crippen LogP contribution in [0.2, 0.25) is 0 Å². The molecule has 0 unspecified atom stereocenters. The Bertz CT molecular complexity index is 499. The minimum Gasteiger partial charge on any atom is -0.491 e. The summed E-state index contributed by atoms with van der Waals surface area (Å²) < 4.78 is 6.98. The van der Waals surface area contributed by atoms with Gasteiger partial charge < -0.3 is 15.4 Å². The molecule has 0 aliphatic heterocycles. The van der Waals surface area contributed by atoms with E-state index in [-0.39, 0.29) is 5.91 Å². The number of halogens is 1. The van der Waals surface area contributed by atoms with E-state index >= 15 is 0 Å². The van der Waals surface area contributed by atoms with Crippen molar-refractivity contribution in [2.45, 2.75) is 19.3 Å². The van der Waals surface area contributed by atoms with Crippen LogP contribution in [0.1, 0.15) is 28.8 Å². The van der Waals surface area contributed by atoms with Gasteiger partial charge in [-0.15, -0.1) is 0 Å². The van der Waals surface area contributed by atoms with E-state index in [2.05, 4.69) is 27.5 Å². The van der Waals surface area contributed by atoms with Gasteiger partial charge in [0.15, 0.2) is 0 Å². The molecule has 2 rings (SSSR count). The van der Waals surface area contributed by atoms with Crippen molar-refractivity contribution in [2.24, 2.45) is 11.7 Å². The molecule has 5 heteroatoms. The van der Waals surface area contributed by atoms with Crippen LogP contribution in [-0.4, -0.2) is 38.1 Å². The number of hydrogen-bond donors (Lipinski definition) is 1. The van der Waals surface area contributed by atoms with Gasteiger partial charge in [-0.25, -0.2) is 0 Å². The molecule has 4 nitrogen and oxygen atoms in total. The highest BCUT2D eigenvalue weighted by Gasteiger charge is 2.26. The van der Waals surface area contributed by atoms with Crippen molar-refractivity contribution in [3.8, 4) is 5.75 Å². The van der Waals surface area contributed by atoms with Gasteiger partial charge in [-0.05, 0) is 74.0 Å². The molecule has 0 bridgehead atoms. The quantitative estimate of drug-likeness (QED) is 0.730. The Kier molecular flexibility index (Phi) is 5.26. The second-order valence-electron chi connectivity index (χ2n) is 5.57. The average Bonchev–Trinajstić information content (AvgIpc) is 3.16. The van der Waals surface area contributed by atoms with Crippen LogP contribution >= 0.6 is 22.6 Å². The highest BCUT2D eigenvalue weighted by molar-refractivity contribution is 14.1. The van der Waals surface area contributed by atoms with Crippen LogP contribution in [-0.2, 0) is 6.42 Å². The number of ether oxygens (including phenoxy) is 1. The molecule has 1 aromatic carbocycles. The van der Waals surface area contributed by atoms with Crippen molar-refractivity contribution < 1.29 is 9.53 Å². The van der Waals surface area contributed by atoms with Crippen LogP contribution in [0.3, 0.4) is 0 Å². The molecule has 0 aromatic heterocycles. The number of hydrogen-bond acceptors (Lipinski definition) is 3. The predicted octanol–water partition coefficient (Wildman–Crippen LogP) is 2.28. The normalized spacial score (nSPS) is 14.6. The Morgan fingerprint density at radius 3 is 2.70 bits per heavy atom. The predicted molar refractivity (Wildman–Crippen MR) is 88.2 cm³/mol. The third-order valence-electron chi connectivity index (χ3n) is 3.45. The summed E-state index contributed by atoms with van der Waals surface area (Å²) in [6.45, 7) is 1.46. The topological polar surface area (TPSA) is 55.6 Å². The number of nitrogens with two attached hydrogens (primary N) is 1. The van der Waals surface area contributed by atoms with Gasteiger partial charge in [0.1, 0.15) is 12.4 Å². The molecular weight excluding hydrogens is 367 g/mol. The smallest absolute Gasteiger partial charge is 0.249 e. The first kappa shape index (κ1) is 15.6. The fourth-order valence-electron chi connectivity index (χ4n) is 2.13. The van der Waals surface area contributed by atoms with Crippen molar-refractivity contribution in [1.29, 1.82) is 0 Å². The summed E-state index contributed by atoms with van der Waals surface area (Å²) in [5.41, 5.74) is 7.10. The molecule has 0 heterocycles. The molecule has 1 saturated carbocycles. The lowest BCUT2D eigenvalue weighted by molar-refractivity contribution is 0.0998. The number of benzene rings is 1. The van der Waals surface area contributed by atoms with E-state index in [0.717, 1.165) is 27.8 Å². The van der Waals surface area contributed by atoms with E-state index in [1.165, 1.54) is 12.8 Å². The van der Waals surface area contributed by atoms with Gasteiger partial charge in [0.05, 0.1) is 3.57 Å². The van der Waals surface area contributed by atoms with Crippen LogP contribution in [0.5, 0.6) is 5.75 Å². The van der Waals surface area contributed by atoms with Gasteiger partial charge in [-0.2, -0.15) is 0 Å². The van der Waals surface area contributed by atoms with Gasteiger partial charge in [0.25, 0.3) is 0 Å². The summed E-state index contributed by atoms with van der Waals surface area (Å²) in [5.74, 6) is 1.16. The Labute approximate surface area is 133 Å². The van der Waals surface area contributed by atoms with Gasteiger partial charge in [0, 0.05) is 17.7 Å². The van der Waals surface area contributed by atoms with E-state index in [1.54, 1.807) is 0 Å². The first-order valence-corrected chi connectivity index (χ1v) is 7.95. The molecule has 1 aromatic rings. The number of rotatable bonds is 7. The summed E-state index contributed by atoms with van der Waals surface area (Å²) in [6.07, 6.45) is 3.37. The summed E-state index contributed by atoms with van der Waals surface area (Å²) in [5, 5.41) is 0. The summed E-state index contributed by atoms with van der Waals surface area (Å²) in [6, 6.07) is 3.72. The molecule has 20 heavy (non-hydrogen) atoms. The lowest BCUT2D eigenvalue weighted by Gasteiger charge is -2.17. The van der Waals surface area contributed by atoms with Crippen LogP contribution in [0.15, 0.2) is 12.1 Å². The number of nitrogens with zero attached hydrogens (tertiary/aromatic N) is 1. The lowest BCUT2D eigenvalue weighted by Crippen LogP contribution is -2.21. The maximum Gasteiger partial charge on any atom is 0.249 e. The fraction of sp³-hybridized carbons (Fsp3) is 0.533. The van der Waals surface area contributed by atoms with Crippen molar-refractivity contribution in [1.82, 2.24) is 4.90 Å². The van der Waals surface area contributed by atoms with Crippen LogP contribution in [0.25, 0.3) is 0 Å². The second-order valence-corrected chi connectivity index (χ2v) is 6.73. The molecule has 1 aliphatic rings. The van der Waals surface area contributed by atoms with E-state index in [1.807, 2.05) is 26.2 Å². The highest BCUT2D eigenvalue weighted by atomic mass is 127. The summed E-state index contributed by atoms with van der Waals surface area (Å²) in [4.78, 5) is 13.7. The molecule has 110 valence electrons. The number of likely N-dealkylation sites (N-methyl/N-ethyl adjacent to an activating group) is 1. The molecule has 1 fully saturated rings. The maximum atomic E-state index is 11.6. The van der Waals surface area contributed by atoms with Gasteiger partial charge in [-0.3, -0.25) is 4.79 Å². The molecule has 0 radical (unpaired) electrons. The zero-order valence-corrected chi connectivity index (χ0v) is 14.1. The highest BCUT2D eigenvalue weighted by Crippen LogP contribution is 2.38. The van der Waals surface area contributed by atoms with E-state index in [9.17, 15) is 4.79 Å². The fourth-order valence-corrected chi connectivity index (χ4v) is 2.79. The van der Waals surface area contributed by atoms with Gasteiger partial charge in [0.2, 0.25) is 5.91 Å².